The molecule has 0 saturated heterocycles. The van der Waals surface area contributed by atoms with E-state index >= 15 is 0 Å². The van der Waals surface area contributed by atoms with Crippen molar-refractivity contribution in [1.29, 1.82) is 0 Å². The molecule has 2 unspecified atom stereocenters. The number of rotatable bonds is 5. The van der Waals surface area contributed by atoms with Gasteiger partial charge in [-0.05, 0) is 36.3 Å². The summed E-state index contributed by atoms with van der Waals surface area (Å²) >= 11 is 1.78. The van der Waals surface area contributed by atoms with Crippen LogP contribution < -0.4 is 5.32 Å². The molecule has 94 valence electrons. The van der Waals surface area contributed by atoms with E-state index in [4.69, 9.17) is 5.11 Å². The summed E-state index contributed by atoms with van der Waals surface area (Å²) in [5, 5.41) is 23.4. The number of aliphatic hydroxyl groups excluding tert-OH is 1. The molecule has 2 atom stereocenters. The van der Waals surface area contributed by atoms with Crippen molar-refractivity contribution < 1.29 is 15.0 Å². The van der Waals surface area contributed by atoms with Crippen LogP contribution in [0.15, 0.2) is 11.4 Å². The molecule has 1 aliphatic rings. The first kappa shape index (κ1) is 12.5. The first-order valence-electron chi connectivity index (χ1n) is 5.86. The van der Waals surface area contributed by atoms with Gasteiger partial charge in [-0.2, -0.15) is 0 Å². The summed E-state index contributed by atoms with van der Waals surface area (Å²) in [7, 11) is 0. The highest BCUT2D eigenvalue weighted by atomic mass is 32.1. The Bertz CT molecular complexity index is 391. The van der Waals surface area contributed by atoms with Gasteiger partial charge in [0.1, 0.15) is 0 Å². The fourth-order valence-electron chi connectivity index (χ4n) is 2.25. The molecule has 0 aromatic carbocycles. The number of carboxylic acids is 1. The van der Waals surface area contributed by atoms with E-state index in [1.165, 1.54) is 10.4 Å². The molecular weight excluding hydrogens is 238 g/mol. The average molecular weight is 255 g/mol. The minimum atomic E-state index is -0.959. The van der Waals surface area contributed by atoms with E-state index in [1.807, 2.05) is 0 Å². The van der Waals surface area contributed by atoms with Gasteiger partial charge in [-0.25, -0.2) is 0 Å². The molecule has 1 aromatic rings. The van der Waals surface area contributed by atoms with Crippen molar-refractivity contribution in [2.24, 2.45) is 0 Å². The molecule has 2 rings (SSSR count). The molecular formula is C12H17NO3S. The maximum Gasteiger partial charge on any atom is 0.306 e. The van der Waals surface area contributed by atoms with Crippen LogP contribution in [0.5, 0.6) is 0 Å². The van der Waals surface area contributed by atoms with Crippen LogP contribution in [-0.4, -0.2) is 28.8 Å². The van der Waals surface area contributed by atoms with Crippen molar-refractivity contribution in [3.05, 3.63) is 21.9 Å². The van der Waals surface area contributed by atoms with Gasteiger partial charge in [0.25, 0.3) is 0 Å². The predicted octanol–water partition coefficient (Wildman–Crippen LogP) is 1.55. The summed E-state index contributed by atoms with van der Waals surface area (Å²) in [6.07, 6.45) is 2.35. The van der Waals surface area contributed by atoms with Gasteiger partial charge in [0, 0.05) is 17.5 Å². The quantitative estimate of drug-likeness (QED) is 0.746. The molecule has 1 aromatic heterocycles. The molecule has 0 saturated carbocycles. The highest BCUT2D eigenvalue weighted by molar-refractivity contribution is 7.10. The highest BCUT2D eigenvalue weighted by Gasteiger charge is 2.21. The van der Waals surface area contributed by atoms with Gasteiger partial charge >= 0.3 is 5.97 Å². The van der Waals surface area contributed by atoms with Crippen molar-refractivity contribution in [3.8, 4) is 0 Å². The van der Waals surface area contributed by atoms with Gasteiger partial charge in [-0.15, -0.1) is 11.3 Å². The van der Waals surface area contributed by atoms with E-state index in [0.717, 1.165) is 19.3 Å². The first-order chi connectivity index (χ1) is 8.16. The number of carboxylic acid groups (broad SMARTS) is 1. The molecule has 0 amide bonds. The second-order valence-electron chi connectivity index (χ2n) is 4.40. The molecule has 0 bridgehead atoms. The third-order valence-electron chi connectivity index (χ3n) is 3.06. The second kappa shape index (κ2) is 5.62. The standard InChI is InChI=1S/C12H17NO3S/c14-8(6-12(15)16)7-13-10-2-1-3-11-9(10)4-5-17-11/h4-5,8,10,13-14H,1-3,6-7H2,(H,15,16). The lowest BCUT2D eigenvalue weighted by molar-refractivity contribution is -0.139. The number of aliphatic hydroxyl groups is 1. The second-order valence-corrected chi connectivity index (χ2v) is 5.40. The van der Waals surface area contributed by atoms with E-state index in [2.05, 4.69) is 16.8 Å². The first-order valence-corrected chi connectivity index (χ1v) is 6.74. The lowest BCUT2D eigenvalue weighted by atomic mass is 9.94. The van der Waals surface area contributed by atoms with Crippen LogP contribution in [-0.2, 0) is 11.2 Å². The van der Waals surface area contributed by atoms with Crippen LogP contribution in [0.25, 0.3) is 0 Å². The fraction of sp³-hybridized carbons (Fsp3) is 0.583. The number of carbonyl (C=O) groups is 1. The number of hydrogen-bond acceptors (Lipinski definition) is 4. The molecule has 17 heavy (non-hydrogen) atoms. The maximum absolute atomic E-state index is 10.4. The zero-order valence-electron chi connectivity index (χ0n) is 9.56. The monoisotopic (exact) mass is 255 g/mol. The Morgan fingerprint density at radius 1 is 1.65 bits per heavy atom. The molecule has 0 spiro atoms. The van der Waals surface area contributed by atoms with Crippen LogP contribution in [0.2, 0.25) is 0 Å². The van der Waals surface area contributed by atoms with Gasteiger partial charge in [0.2, 0.25) is 0 Å². The van der Waals surface area contributed by atoms with Crippen molar-refractivity contribution in [3.63, 3.8) is 0 Å². The summed E-state index contributed by atoms with van der Waals surface area (Å²) in [6.45, 7) is 0.340. The Kier molecular flexibility index (Phi) is 4.15. The lowest BCUT2D eigenvalue weighted by Gasteiger charge is -2.24. The number of aliphatic carboxylic acids is 1. The van der Waals surface area contributed by atoms with Gasteiger partial charge < -0.3 is 15.5 Å². The summed E-state index contributed by atoms with van der Waals surface area (Å²) in [5.41, 5.74) is 1.32. The summed E-state index contributed by atoms with van der Waals surface area (Å²) < 4.78 is 0. The average Bonchev–Trinajstić information content (AvgIpc) is 2.73. The minimum absolute atomic E-state index is 0.198. The normalized spacial score (nSPS) is 20.9. The van der Waals surface area contributed by atoms with E-state index in [1.54, 1.807) is 11.3 Å². The summed E-state index contributed by atoms with van der Waals surface area (Å²) in [5.74, 6) is -0.959. The lowest BCUT2D eigenvalue weighted by Crippen LogP contribution is -2.33. The summed E-state index contributed by atoms with van der Waals surface area (Å²) in [6, 6.07) is 2.40. The predicted molar refractivity (Wildman–Crippen MR) is 66.3 cm³/mol. The zero-order chi connectivity index (χ0) is 12.3. The highest BCUT2D eigenvalue weighted by Crippen LogP contribution is 2.33. The van der Waals surface area contributed by atoms with E-state index in [0.29, 0.717) is 6.54 Å². The Labute approximate surface area is 104 Å². The SMILES string of the molecule is O=C(O)CC(O)CNC1CCCc2sccc21. The summed E-state index contributed by atoms with van der Waals surface area (Å²) in [4.78, 5) is 11.8. The van der Waals surface area contributed by atoms with Crippen molar-refractivity contribution >= 4 is 17.3 Å². The van der Waals surface area contributed by atoms with Crippen molar-refractivity contribution in [1.82, 2.24) is 5.32 Å². The van der Waals surface area contributed by atoms with E-state index < -0.39 is 12.1 Å². The van der Waals surface area contributed by atoms with Crippen molar-refractivity contribution in [2.45, 2.75) is 37.8 Å². The van der Waals surface area contributed by atoms with Gasteiger partial charge in [-0.3, -0.25) is 4.79 Å². The van der Waals surface area contributed by atoms with Crippen LogP contribution in [0.3, 0.4) is 0 Å². The minimum Gasteiger partial charge on any atom is -0.481 e. The van der Waals surface area contributed by atoms with E-state index in [-0.39, 0.29) is 12.5 Å². The molecule has 0 radical (unpaired) electrons. The number of fused-ring (bicyclic) bond motifs is 1. The number of hydrogen-bond donors (Lipinski definition) is 3. The topological polar surface area (TPSA) is 69.6 Å². The molecule has 1 heterocycles. The Morgan fingerprint density at radius 2 is 2.47 bits per heavy atom. The smallest absolute Gasteiger partial charge is 0.306 e. The Morgan fingerprint density at radius 3 is 3.24 bits per heavy atom. The Balaban J connectivity index is 1.87. The molecule has 4 nitrogen and oxygen atoms in total. The van der Waals surface area contributed by atoms with Gasteiger partial charge in [-0.1, -0.05) is 0 Å². The van der Waals surface area contributed by atoms with E-state index in [9.17, 15) is 9.90 Å². The maximum atomic E-state index is 10.4. The van der Waals surface area contributed by atoms with Gasteiger partial charge in [0.05, 0.1) is 12.5 Å². The molecule has 1 aliphatic carbocycles. The molecule has 0 fully saturated rings. The van der Waals surface area contributed by atoms with Crippen LogP contribution >= 0.6 is 11.3 Å². The van der Waals surface area contributed by atoms with Crippen molar-refractivity contribution in [2.75, 3.05) is 6.54 Å². The van der Waals surface area contributed by atoms with Crippen LogP contribution in [0.1, 0.15) is 35.7 Å². The van der Waals surface area contributed by atoms with Crippen LogP contribution in [0.4, 0.5) is 0 Å². The molecule has 0 aliphatic heterocycles. The number of nitrogens with one attached hydrogen (secondary N) is 1. The third-order valence-corrected chi connectivity index (χ3v) is 4.06. The van der Waals surface area contributed by atoms with Crippen LogP contribution in [0, 0.1) is 0 Å². The number of aryl methyl sites for hydroxylation is 1. The molecule has 3 N–H and O–H groups in total. The van der Waals surface area contributed by atoms with Gasteiger partial charge in [0.15, 0.2) is 0 Å². The third kappa shape index (κ3) is 3.28. The zero-order valence-corrected chi connectivity index (χ0v) is 10.4. The Hall–Kier alpha value is -0.910. The largest absolute Gasteiger partial charge is 0.481 e. The fourth-order valence-corrected chi connectivity index (χ4v) is 3.24. The number of thiophene rings is 1. The molecule has 5 heteroatoms.